The van der Waals surface area contributed by atoms with Gasteiger partial charge in [0.05, 0.1) is 12.3 Å². The number of sulfonamides is 1. The summed E-state index contributed by atoms with van der Waals surface area (Å²) >= 11 is 0. The first-order valence-corrected chi connectivity index (χ1v) is 7.87. The van der Waals surface area contributed by atoms with E-state index < -0.39 is 10.0 Å². The fourth-order valence-electron chi connectivity index (χ4n) is 1.78. The van der Waals surface area contributed by atoms with E-state index in [1.54, 1.807) is 29.1 Å². The Kier molecular flexibility index (Phi) is 4.53. The van der Waals surface area contributed by atoms with Crippen molar-refractivity contribution in [1.82, 2.24) is 14.3 Å². The molecule has 0 saturated carbocycles. The zero-order chi connectivity index (χ0) is 14.6. The van der Waals surface area contributed by atoms with Crippen LogP contribution in [0, 0.1) is 0 Å². The summed E-state index contributed by atoms with van der Waals surface area (Å²) in [5, 5.41) is 0. The summed E-state index contributed by atoms with van der Waals surface area (Å²) in [6.07, 6.45) is 3.41. The predicted octanol–water partition coefficient (Wildman–Crippen LogP) is 0.498. The van der Waals surface area contributed by atoms with Gasteiger partial charge < -0.3 is 10.3 Å². The number of nitrogens with one attached hydrogen (secondary N) is 1. The molecule has 20 heavy (non-hydrogen) atoms. The smallest absolute Gasteiger partial charge is 0.216 e. The summed E-state index contributed by atoms with van der Waals surface area (Å²) in [7, 11) is -1.56. The normalized spacial score (nSPS) is 11.7. The van der Waals surface area contributed by atoms with E-state index in [2.05, 4.69) is 9.71 Å². The van der Waals surface area contributed by atoms with Gasteiger partial charge in [-0.25, -0.2) is 18.1 Å². The van der Waals surface area contributed by atoms with Crippen LogP contribution < -0.4 is 10.5 Å². The Balaban J connectivity index is 1.98. The Hall–Kier alpha value is -1.70. The second-order valence-electron chi connectivity index (χ2n) is 4.56. The van der Waals surface area contributed by atoms with Crippen LogP contribution >= 0.6 is 0 Å². The minimum absolute atomic E-state index is 0.0533. The third-order valence-corrected chi connectivity index (χ3v) is 4.28. The van der Waals surface area contributed by atoms with Crippen molar-refractivity contribution in [2.24, 2.45) is 12.8 Å². The second-order valence-corrected chi connectivity index (χ2v) is 6.36. The van der Waals surface area contributed by atoms with Gasteiger partial charge in [-0.3, -0.25) is 0 Å². The monoisotopic (exact) mass is 294 g/mol. The summed E-state index contributed by atoms with van der Waals surface area (Å²) < 4.78 is 28.3. The maximum Gasteiger partial charge on any atom is 0.216 e. The molecule has 1 heterocycles. The number of nitrogens with zero attached hydrogens (tertiary/aromatic N) is 2. The third kappa shape index (κ3) is 3.89. The van der Waals surface area contributed by atoms with E-state index in [-0.39, 0.29) is 12.3 Å². The van der Waals surface area contributed by atoms with Gasteiger partial charge in [-0.15, -0.1) is 0 Å². The maximum absolute atomic E-state index is 12.0. The predicted molar refractivity (Wildman–Crippen MR) is 77.0 cm³/mol. The van der Waals surface area contributed by atoms with Gasteiger partial charge in [0.2, 0.25) is 10.0 Å². The van der Waals surface area contributed by atoms with Gasteiger partial charge >= 0.3 is 0 Å². The van der Waals surface area contributed by atoms with Crippen molar-refractivity contribution < 1.29 is 8.42 Å². The quantitative estimate of drug-likeness (QED) is 0.811. The number of aryl methyl sites for hydroxylation is 1. The minimum Gasteiger partial charge on any atom is -0.337 e. The average Bonchev–Trinajstić information content (AvgIpc) is 2.83. The highest BCUT2D eigenvalue weighted by Crippen LogP contribution is 2.08. The number of aromatic nitrogens is 2. The summed E-state index contributed by atoms with van der Waals surface area (Å²) in [5.74, 6) is 0.620. The first-order valence-electron chi connectivity index (χ1n) is 6.21. The molecule has 3 N–H and O–H groups in total. The van der Waals surface area contributed by atoms with E-state index in [4.69, 9.17) is 5.73 Å². The van der Waals surface area contributed by atoms with Gasteiger partial charge in [0.1, 0.15) is 5.82 Å². The fourth-order valence-corrected chi connectivity index (χ4v) is 2.87. The summed E-state index contributed by atoms with van der Waals surface area (Å²) in [4.78, 5) is 4.07. The van der Waals surface area contributed by atoms with Crippen LogP contribution in [0.2, 0.25) is 0 Å². The summed E-state index contributed by atoms with van der Waals surface area (Å²) in [6.45, 7) is 0.636. The Bertz CT molecular complexity index is 662. The van der Waals surface area contributed by atoms with Crippen LogP contribution in [0.4, 0.5) is 0 Å². The molecule has 0 aliphatic heterocycles. The minimum atomic E-state index is -3.38. The third-order valence-electron chi connectivity index (χ3n) is 2.99. The molecule has 0 fully saturated rings. The number of nitrogens with two attached hydrogens (primary N) is 1. The number of hydrogen-bond acceptors (Lipinski definition) is 4. The first kappa shape index (κ1) is 14.7. The highest BCUT2D eigenvalue weighted by Gasteiger charge is 2.12. The standard InChI is InChI=1S/C13H18N4O2S/c1-17-7-6-15-13(17)9-16-20(18,19)10-12-4-2-11(8-14)3-5-12/h2-7,16H,8-10,14H2,1H3. The van der Waals surface area contributed by atoms with E-state index in [1.807, 2.05) is 19.2 Å². The van der Waals surface area contributed by atoms with E-state index >= 15 is 0 Å². The molecule has 7 heteroatoms. The van der Waals surface area contributed by atoms with Crippen LogP contribution in [-0.4, -0.2) is 18.0 Å². The van der Waals surface area contributed by atoms with Crippen LogP contribution in [0.15, 0.2) is 36.7 Å². The second kappa shape index (κ2) is 6.17. The van der Waals surface area contributed by atoms with Crippen molar-refractivity contribution in [3.63, 3.8) is 0 Å². The number of hydrogen-bond donors (Lipinski definition) is 2. The van der Waals surface area contributed by atoms with Crippen LogP contribution in [0.3, 0.4) is 0 Å². The van der Waals surface area contributed by atoms with Gasteiger partial charge in [0.15, 0.2) is 0 Å². The molecule has 0 spiro atoms. The van der Waals surface area contributed by atoms with Crippen molar-refractivity contribution in [2.75, 3.05) is 0 Å². The van der Waals surface area contributed by atoms with Crippen LogP contribution in [-0.2, 0) is 35.9 Å². The molecular formula is C13H18N4O2S. The van der Waals surface area contributed by atoms with E-state index in [1.165, 1.54) is 0 Å². The molecule has 1 aromatic heterocycles. The zero-order valence-electron chi connectivity index (χ0n) is 11.3. The lowest BCUT2D eigenvalue weighted by atomic mass is 10.1. The van der Waals surface area contributed by atoms with Crippen molar-refractivity contribution >= 4 is 10.0 Å². The van der Waals surface area contributed by atoms with Crippen molar-refractivity contribution in [1.29, 1.82) is 0 Å². The lowest BCUT2D eigenvalue weighted by Gasteiger charge is -2.07. The van der Waals surface area contributed by atoms with Gasteiger partial charge in [-0.1, -0.05) is 24.3 Å². The first-order chi connectivity index (χ1) is 9.50. The van der Waals surface area contributed by atoms with Crippen LogP contribution in [0.25, 0.3) is 0 Å². The molecular weight excluding hydrogens is 276 g/mol. The molecule has 2 aromatic rings. The Morgan fingerprint density at radius 3 is 2.45 bits per heavy atom. The van der Waals surface area contributed by atoms with Gasteiger partial charge in [-0.05, 0) is 11.1 Å². The fraction of sp³-hybridized carbons (Fsp3) is 0.308. The van der Waals surface area contributed by atoms with Gasteiger partial charge in [0, 0.05) is 26.0 Å². The molecule has 0 atom stereocenters. The van der Waals surface area contributed by atoms with Crippen LogP contribution in [0.1, 0.15) is 17.0 Å². The Labute approximate surface area is 118 Å². The van der Waals surface area contributed by atoms with Crippen molar-refractivity contribution in [2.45, 2.75) is 18.8 Å². The molecule has 0 radical (unpaired) electrons. The van der Waals surface area contributed by atoms with Gasteiger partial charge in [-0.2, -0.15) is 0 Å². The molecule has 2 rings (SSSR count). The molecule has 0 amide bonds. The molecule has 1 aromatic carbocycles. The summed E-state index contributed by atoms with van der Waals surface area (Å²) in [5.41, 5.74) is 7.21. The van der Waals surface area contributed by atoms with Crippen molar-refractivity contribution in [3.05, 3.63) is 53.6 Å². The molecule has 0 aliphatic rings. The number of imidazole rings is 1. The molecule has 0 aliphatic carbocycles. The highest BCUT2D eigenvalue weighted by atomic mass is 32.2. The van der Waals surface area contributed by atoms with Crippen LogP contribution in [0.5, 0.6) is 0 Å². The molecule has 0 bridgehead atoms. The topological polar surface area (TPSA) is 90.0 Å². The van der Waals surface area contributed by atoms with E-state index in [9.17, 15) is 8.42 Å². The molecule has 108 valence electrons. The molecule has 6 nitrogen and oxygen atoms in total. The van der Waals surface area contributed by atoms with E-state index in [0.717, 1.165) is 11.1 Å². The van der Waals surface area contributed by atoms with Crippen molar-refractivity contribution in [3.8, 4) is 0 Å². The lowest BCUT2D eigenvalue weighted by Crippen LogP contribution is -2.26. The molecule has 0 unspecified atom stereocenters. The van der Waals surface area contributed by atoms with E-state index in [0.29, 0.717) is 12.4 Å². The maximum atomic E-state index is 12.0. The average molecular weight is 294 g/mol. The zero-order valence-corrected chi connectivity index (χ0v) is 12.1. The van der Waals surface area contributed by atoms with Gasteiger partial charge in [0.25, 0.3) is 0 Å². The largest absolute Gasteiger partial charge is 0.337 e. The highest BCUT2D eigenvalue weighted by molar-refractivity contribution is 7.88. The lowest BCUT2D eigenvalue weighted by molar-refractivity contribution is 0.576. The summed E-state index contributed by atoms with van der Waals surface area (Å²) in [6, 6.07) is 7.23. The number of benzene rings is 1. The Morgan fingerprint density at radius 1 is 1.25 bits per heavy atom. The molecule has 0 saturated heterocycles. The SMILES string of the molecule is Cn1ccnc1CNS(=O)(=O)Cc1ccc(CN)cc1. The Morgan fingerprint density at radius 2 is 1.90 bits per heavy atom. The number of rotatable bonds is 6.